The molecule has 0 spiro atoms. The molecule has 0 aromatic heterocycles. The van der Waals surface area contributed by atoms with Crippen molar-refractivity contribution in [2.45, 2.75) is 51.5 Å². The Bertz CT molecular complexity index is 160. The predicted octanol–water partition coefficient (Wildman–Crippen LogP) is 4.16. The largest absolute Gasteiger partial charge is 0.300 e. The molecule has 0 bridgehead atoms. The SMILES string of the molecule is CCSCCCN(CCBr)C1CCCCC1. The van der Waals surface area contributed by atoms with Gasteiger partial charge in [-0.1, -0.05) is 42.1 Å². The second-order valence-electron chi connectivity index (χ2n) is 4.57. The zero-order chi connectivity index (χ0) is 11.6. The van der Waals surface area contributed by atoms with E-state index in [-0.39, 0.29) is 0 Å². The van der Waals surface area contributed by atoms with Crippen LogP contribution in [0, 0.1) is 0 Å². The van der Waals surface area contributed by atoms with E-state index < -0.39 is 0 Å². The van der Waals surface area contributed by atoms with Crippen LogP contribution in [0.1, 0.15) is 45.4 Å². The standard InChI is InChI=1S/C13H26BrNS/c1-2-16-12-6-10-15(11-9-14)13-7-4-3-5-8-13/h13H,2-12H2,1H3. The summed E-state index contributed by atoms with van der Waals surface area (Å²) in [5.41, 5.74) is 0. The fraction of sp³-hybridized carbons (Fsp3) is 1.00. The predicted molar refractivity (Wildman–Crippen MR) is 79.9 cm³/mol. The van der Waals surface area contributed by atoms with Gasteiger partial charge in [0, 0.05) is 17.9 Å². The molecule has 0 aromatic carbocycles. The molecule has 0 unspecified atom stereocenters. The van der Waals surface area contributed by atoms with E-state index in [4.69, 9.17) is 0 Å². The van der Waals surface area contributed by atoms with Crippen molar-refractivity contribution in [3.63, 3.8) is 0 Å². The molecule has 0 saturated heterocycles. The highest BCUT2D eigenvalue weighted by molar-refractivity contribution is 9.09. The summed E-state index contributed by atoms with van der Waals surface area (Å²) < 4.78 is 0. The highest BCUT2D eigenvalue weighted by atomic mass is 79.9. The minimum Gasteiger partial charge on any atom is -0.300 e. The fourth-order valence-corrected chi connectivity index (χ4v) is 3.62. The smallest absolute Gasteiger partial charge is 0.0159 e. The van der Waals surface area contributed by atoms with Crippen LogP contribution in [0.15, 0.2) is 0 Å². The summed E-state index contributed by atoms with van der Waals surface area (Å²) in [5.74, 6) is 2.60. The number of hydrogen-bond acceptors (Lipinski definition) is 2. The molecule has 0 amide bonds. The van der Waals surface area contributed by atoms with E-state index in [9.17, 15) is 0 Å². The number of halogens is 1. The van der Waals surface area contributed by atoms with Crippen LogP contribution in [0.3, 0.4) is 0 Å². The Hall–Kier alpha value is 0.790. The third-order valence-electron chi connectivity index (χ3n) is 3.40. The Balaban J connectivity index is 2.22. The van der Waals surface area contributed by atoms with Crippen molar-refractivity contribution < 1.29 is 0 Å². The van der Waals surface area contributed by atoms with Crippen molar-refractivity contribution in [2.75, 3.05) is 29.9 Å². The molecule has 16 heavy (non-hydrogen) atoms. The molecule has 0 atom stereocenters. The maximum absolute atomic E-state index is 3.59. The first-order valence-corrected chi connectivity index (χ1v) is 9.04. The van der Waals surface area contributed by atoms with Crippen LogP contribution in [0.2, 0.25) is 0 Å². The first-order chi connectivity index (χ1) is 7.88. The Morgan fingerprint density at radius 2 is 1.94 bits per heavy atom. The normalized spacial score (nSPS) is 18.2. The number of thioether (sulfide) groups is 1. The van der Waals surface area contributed by atoms with E-state index in [2.05, 4.69) is 39.5 Å². The van der Waals surface area contributed by atoms with Gasteiger partial charge in [-0.15, -0.1) is 0 Å². The van der Waals surface area contributed by atoms with Crippen molar-refractivity contribution in [1.29, 1.82) is 0 Å². The summed E-state index contributed by atoms with van der Waals surface area (Å²) in [7, 11) is 0. The monoisotopic (exact) mass is 307 g/mol. The van der Waals surface area contributed by atoms with Crippen LogP contribution in [0.25, 0.3) is 0 Å². The second kappa shape index (κ2) is 9.78. The Labute approximate surface area is 114 Å². The van der Waals surface area contributed by atoms with Gasteiger partial charge in [0.25, 0.3) is 0 Å². The first kappa shape index (κ1) is 14.8. The number of nitrogens with zero attached hydrogens (tertiary/aromatic N) is 1. The Morgan fingerprint density at radius 1 is 1.19 bits per heavy atom. The average Bonchev–Trinajstić information content (AvgIpc) is 2.34. The lowest BCUT2D eigenvalue weighted by molar-refractivity contribution is 0.166. The van der Waals surface area contributed by atoms with Crippen LogP contribution >= 0.6 is 27.7 Å². The zero-order valence-electron chi connectivity index (χ0n) is 10.6. The first-order valence-electron chi connectivity index (χ1n) is 6.76. The van der Waals surface area contributed by atoms with Crippen molar-refractivity contribution in [2.24, 2.45) is 0 Å². The molecule has 0 radical (unpaired) electrons. The molecular formula is C13H26BrNS. The molecule has 1 aliphatic rings. The number of alkyl halides is 1. The van der Waals surface area contributed by atoms with Crippen molar-refractivity contribution in [3.05, 3.63) is 0 Å². The fourth-order valence-electron chi connectivity index (χ4n) is 2.55. The quantitative estimate of drug-likeness (QED) is 0.489. The molecule has 0 heterocycles. The third-order valence-corrected chi connectivity index (χ3v) is 4.74. The average molecular weight is 308 g/mol. The van der Waals surface area contributed by atoms with Crippen LogP contribution in [0.5, 0.6) is 0 Å². The van der Waals surface area contributed by atoms with E-state index >= 15 is 0 Å². The van der Waals surface area contributed by atoms with Crippen LogP contribution in [-0.2, 0) is 0 Å². The summed E-state index contributed by atoms with van der Waals surface area (Å²) in [6.45, 7) is 4.80. The lowest BCUT2D eigenvalue weighted by Gasteiger charge is -2.34. The summed E-state index contributed by atoms with van der Waals surface area (Å²) in [6.07, 6.45) is 8.61. The van der Waals surface area contributed by atoms with Gasteiger partial charge in [-0.25, -0.2) is 0 Å². The summed E-state index contributed by atoms with van der Waals surface area (Å²) >= 11 is 5.67. The lowest BCUT2D eigenvalue weighted by Crippen LogP contribution is -2.38. The van der Waals surface area contributed by atoms with Crippen LogP contribution < -0.4 is 0 Å². The molecule has 0 N–H and O–H groups in total. The molecule has 0 aromatic rings. The molecular weight excluding hydrogens is 282 g/mol. The lowest BCUT2D eigenvalue weighted by atomic mass is 9.94. The highest BCUT2D eigenvalue weighted by Gasteiger charge is 2.19. The maximum Gasteiger partial charge on any atom is 0.0159 e. The van der Waals surface area contributed by atoms with Crippen molar-refractivity contribution in [1.82, 2.24) is 4.90 Å². The van der Waals surface area contributed by atoms with Gasteiger partial charge in [0.1, 0.15) is 0 Å². The van der Waals surface area contributed by atoms with Gasteiger partial charge in [-0.2, -0.15) is 11.8 Å². The topological polar surface area (TPSA) is 3.24 Å². The van der Waals surface area contributed by atoms with E-state index in [0.717, 1.165) is 11.4 Å². The van der Waals surface area contributed by atoms with Crippen molar-refractivity contribution in [3.8, 4) is 0 Å². The van der Waals surface area contributed by atoms with Crippen LogP contribution in [-0.4, -0.2) is 40.9 Å². The zero-order valence-corrected chi connectivity index (χ0v) is 13.0. The second-order valence-corrected chi connectivity index (χ2v) is 6.75. The minimum atomic E-state index is 0.887. The molecule has 1 aliphatic carbocycles. The highest BCUT2D eigenvalue weighted by Crippen LogP contribution is 2.23. The van der Waals surface area contributed by atoms with E-state index in [1.807, 2.05) is 0 Å². The number of hydrogen-bond donors (Lipinski definition) is 0. The summed E-state index contributed by atoms with van der Waals surface area (Å²) in [4.78, 5) is 2.73. The Morgan fingerprint density at radius 3 is 2.56 bits per heavy atom. The Kier molecular flexibility index (Phi) is 9.08. The van der Waals surface area contributed by atoms with Gasteiger partial charge in [-0.3, -0.25) is 4.90 Å². The van der Waals surface area contributed by atoms with E-state index in [1.54, 1.807) is 0 Å². The molecule has 1 saturated carbocycles. The third kappa shape index (κ3) is 5.92. The molecule has 3 heteroatoms. The number of rotatable bonds is 8. The molecule has 0 aliphatic heterocycles. The van der Waals surface area contributed by atoms with Gasteiger partial charge in [0.15, 0.2) is 0 Å². The van der Waals surface area contributed by atoms with E-state index in [0.29, 0.717) is 0 Å². The van der Waals surface area contributed by atoms with Gasteiger partial charge in [0.05, 0.1) is 0 Å². The van der Waals surface area contributed by atoms with Gasteiger partial charge >= 0.3 is 0 Å². The maximum atomic E-state index is 3.59. The van der Waals surface area contributed by atoms with Gasteiger partial charge in [-0.05, 0) is 37.3 Å². The molecule has 96 valence electrons. The van der Waals surface area contributed by atoms with Gasteiger partial charge in [0.2, 0.25) is 0 Å². The summed E-state index contributed by atoms with van der Waals surface area (Å²) in [5, 5.41) is 1.13. The van der Waals surface area contributed by atoms with Crippen molar-refractivity contribution >= 4 is 27.7 Å². The molecule has 1 nitrogen and oxygen atoms in total. The van der Waals surface area contributed by atoms with Gasteiger partial charge < -0.3 is 0 Å². The minimum absolute atomic E-state index is 0.887. The summed E-state index contributed by atoms with van der Waals surface area (Å²) in [6, 6.07) is 0.887. The van der Waals surface area contributed by atoms with E-state index in [1.165, 1.54) is 63.1 Å². The molecule has 1 rings (SSSR count). The van der Waals surface area contributed by atoms with Crippen LogP contribution in [0.4, 0.5) is 0 Å². The molecule has 1 fully saturated rings.